The molecule has 3 nitrogen and oxygen atoms in total. The smallest absolute Gasteiger partial charge is 0.151 e. The molecule has 5 heteroatoms. The normalized spacial score (nSPS) is 17.8. The van der Waals surface area contributed by atoms with E-state index in [2.05, 4.69) is 12.8 Å². The highest BCUT2D eigenvalue weighted by Crippen LogP contribution is 2.23. The number of halogens is 1. The van der Waals surface area contributed by atoms with Crippen molar-refractivity contribution in [2.24, 2.45) is 0 Å². The fourth-order valence-electron chi connectivity index (χ4n) is 1.87. The minimum Gasteiger partial charge on any atom is -0.392 e. The summed E-state index contributed by atoms with van der Waals surface area (Å²) >= 11 is 4.25. The molecule has 2 rings (SSSR count). The maximum atomic E-state index is 13.9. The van der Waals surface area contributed by atoms with E-state index >= 15 is 0 Å². The average molecular weight is 242 g/mol. The first-order chi connectivity index (χ1) is 7.72. The number of aliphatic hydroxyl groups is 1. The molecule has 0 aliphatic carbocycles. The second-order valence-corrected chi connectivity index (χ2v) is 4.41. The predicted molar refractivity (Wildman–Crippen MR) is 65.1 cm³/mol. The minimum atomic E-state index is -0.308. The van der Waals surface area contributed by atoms with Crippen LogP contribution in [0.1, 0.15) is 5.56 Å². The van der Waals surface area contributed by atoms with Gasteiger partial charge >= 0.3 is 0 Å². The molecule has 1 fully saturated rings. The lowest BCUT2D eigenvalue weighted by Gasteiger charge is -2.33. The van der Waals surface area contributed by atoms with Gasteiger partial charge in [-0.3, -0.25) is 0 Å². The number of aliphatic hydroxyl groups excluding tert-OH is 1. The lowest BCUT2D eigenvalue weighted by Crippen LogP contribution is -2.42. The highest BCUT2D eigenvalue weighted by Gasteiger charge is 2.18. The van der Waals surface area contributed by atoms with Crippen molar-refractivity contribution < 1.29 is 9.50 Å². The van der Waals surface area contributed by atoms with Gasteiger partial charge in [-0.05, 0) is 6.07 Å². The van der Waals surface area contributed by atoms with Crippen LogP contribution in [0, 0.1) is 5.82 Å². The van der Waals surface area contributed by atoms with E-state index in [1.54, 1.807) is 18.2 Å². The number of piperazine rings is 1. The van der Waals surface area contributed by atoms with Gasteiger partial charge in [0.05, 0.1) is 12.3 Å². The van der Waals surface area contributed by atoms with Gasteiger partial charge in [-0.15, -0.1) is 0 Å². The van der Waals surface area contributed by atoms with Gasteiger partial charge < -0.3 is 10.0 Å². The molecule has 1 aliphatic rings. The summed E-state index contributed by atoms with van der Waals surface area (Å²) in [6.07, 6.45) is 0. The Morgan fingerprint density at radius 3 is 2.56 bits per heavy atom. The summed E-state index contributed by atoms with van der Waals surface area (Å²) in [4.78, 5) is 1.99. The van der Waals surface area contributed by atoms with Crippen molar-refractivity contribution in [2.75, 3.05) is 31.1 Å². The predicted octanol–water partition coefficient (Wildman–Crippen LogP) is 1.28. The van der Waals surface area contributed by atoms with E-state index in [0.717, 1.165) is 26.2 Å². The molecule has 1 aromatic rings. The Balaban J connectivity index is 2.20. The van der Waals surface area contributed by atoms with Crippen LogP contribution in [-0.2, 0) is 6.61 Å². The van der Waals surface area contributed by atoms with Gasteiger partial charge in [-0.25, -0.2) is 8.70 Å². The molecular formula is C11H15FN2OS. The van der Waals surface area contributed by atoms with Crippen LogP contribution < -0.4 is 4.90 Å². The zero-order valence-electron chi connectivity index (χ0n) is 8.93. The number of benzene rings is 1. The zero-order chi connectivity index (χ0) is 11.5. The molecule has 0 saturated carbocycles. The maximum absolute atomic E-state index is 13.9. The summed E-state index contributed by atoms with van der Waals surface area (Å²) in [5, 5.41) is 9.00. The first kappa shape index (κ1) is 11.7. The number of nitrogens with zero attached hydrogens (tertiary/aromatic N) is 2. The van der Waals surface area contributed by atoms with E-state index in [9.17, 15) is 4.39 Å². The number of hydrogen-bond donors (Lipinski definition) is 2. The van der Waals surface area contributed by atoms with Crippen molar-refractivity contribution in [3.05, 3.63) is 29.6 Å². The summed E-state index contributed by atoms with van der Waals surface area (Å²) in [7, 11) is 0. The van der Waals surface area contributed by atoms with Crippen molar-refractivity contribution in [2.45, 2.75) is 6.61 Å². The quantitative estimate of drug-likeness (QED) is 0.765. The summed E-state index contributed by atoms with van der Waals surface area (Å²) in [6.45, 7) is 2.88. The Hall–Kier alpha value is -0.780. The monoisotopic (exact) mass is 242 g/mol. The standard InChI is InChI=1S/C11H15FN2OS/c12-11-9(8-15)2-1-3-10(11)13-4-6-14(16)7-5-13/h1-3,15-16H,4-8H2. The molecular weight excluding hydrogens is 227 g/mol. The Bertz CT molecular complexity index is 367. The summed E-state index contributed by atoms with van der Waals surface area (Å²) < 4.78 is 15.8. The summed E-state index contributed by atoms with van der Waals surface area (Å²) in [5.74, 6) is -0.308. The third-order valence-corrected chi connectivity index (χ3v) is 3.23. The van der Waals surface area contributed by atoms with Crippen LogP contribution in [0.15, 0.2) is 18.2 Å². The van der Waals surface area contributed by atoms with Gasteiger partial charge in [-0.1, -0.05) is 24.9 Å². The molecule has 0 radical (unpaired) electrons. The molecule has 0 aromatic heterocycles. The molecule has 0 unspecified atom stereocenters. The summed E-state index contributed by atoms with van der Waals surface area (Å²) in [6, 6.07) is 5.13. The van der Waals surface area contributed by atoms with Gasteiger partial charge in [0, 0.05) is 31.7 Å². The third-order valence-electron chi connectivity index (χ3n) is 2.83. The van der Waals surface area contributed by atoms with Crippen molar-refractivity contribution in [3.63, 3.8) is 0 Å². The van der Waals surface area contributed by atoms with Gasteiger partial charge in [0.1, 0.15) is 0 Å². The Kier molecular flexibility index (Phi) is 3.68. The van der Waals surface area contributed by atoms with E-state index in [-0.39, 0.29) is 12.4 Å². The van der Waals surface area contributed by atoms with Gasteiger partial charge in [0.15, 0.2) is 5.82 Å². The van der Waals surface area contributed by atoms with Crippen LogP contribution in [0.5, 0.6) is 0 Å². The Morgan fingerprint density at radius 1 is 1.25 bits per heavy atom. The molecule has 0 spiro atoms. The zero-order valence-corrected chi connectivity index (χ0v) is 9.83. The third kappa shape index (κ3) is 2.31. The van der Waals surface area contributed by atoms with Crippen LogP contribution >= 0.6 is 12.8 Å². The largest absolute Gasteiger partial charge is 0.392 e. The summed E-state index contributed by atoms with van der Waals surface area (Å²) in [5.41, 5.74) is 0.929. The molecule has 0 atom stereocenters. The van der Waals surface area contributed by atoms with Gasteiger partial charge in [-0.2, -0.15) is 0 Å². The molecule has 1 aromatic carbocycles. The number of hydrogen-bond acceptors (Lipinski definition) is 4. The van der Waals surface area contributed by atoms with Crippen LogP contribution in [0.25, 0.3) is 0 Å². The van der Waals surface area contributed by atoms with Crippen LogP contribution in [-0.4, -0.2) is 35.6 Å². The number of thiol groups is 1. The maximum Gasteiger partial charge on any atom is 0.151 e. The molecule has 0 amide bonds. The molecule has 16 heavy (non-hydrogen) atoms. The van der Waals surface area contributed by atoms with Crippen molar-refractivity contribution in [3.8, 4) is 0 Å². The first-order valence-corrected chi connectivity index (χ1v) is 5.69. The Labute approximate surface area is 100 Å². The first-order valence-electron chi connectivity index (χ1n) is 5.29. The van der Waals surface area contributed by atoms with Crippen LogP contribution in [0.3, 0.4) is 0 Å². The van der Waals surface area contributed by atoms with Gasteiger partial charge in [0.2, 0.25) is 0 Å². The molecule has 1 N–H and O–H groups in total. The lowest BCUT2D eigenvalue weighted by atomic mass is 10.1. The van der Waals surface area contributed by atoms with E-state index in [0.29, 0.717) is 11.3 Å². The number of anilines is 1. The van der Waals surface area contributed by atoms with E-state index in [1.165, 1.54) is 0 Å². The molecule has 1 aliphatic heterocycles. The molecule has 1 saturated heterocycles. The van der Waals surface area contributed by atoms with Crippen molar-refractivity contribution in [1.29, 1.82) is 0 Å². The van der Waals surface area contributed by atoms with E-state index < -0.39 is 0 Å². The second-order valence-electron chi connectivity index (χ2n) is 3.85. The molecule has 0 bridgehead atoms. The fraction of sp³-hybridized carbons (Fsp3) is 0.455. The van der Waals surface area contributed by atoms with Crippen LogP contribution in [0.2, 0.25) is 0 Å². The highest BCUT2D eigenvalue weighted by molar-refractivity contribution is 7.77. The number of rotatable bonds is 2. The topological polar surface area (TPSA) is 26.7 Å². The average Bonchev–Trinajstić information content (AvgIpc) is 2.31. The second kappa shape index (κ2) is 5.03. The van der Waals surface area contributed by atoms with E-state index in [1.807, 2.05) is 9.21 Å². The lowest BCUT2D eigenvalue weighted by molar-refractivity contribution is 0.275. The molecule has 1 heterocycles. The molecule has 88 valence electrons. The minimum absolute atomic E-state index is 0.258. The van der Waals surface area contributed by atoms with Crippen molar-refractivity contribution >= 4 is 18.5 Å². The van der Waals surface area contributed by atoms with E-state index in [4.69, 9.17) is 5.11 Å². The fourth-order valence-corrected chi connectivity index (χ4v) is 2.05. The Morgan fingerprint density at radius 2 is 1.94 bits per heavy atom. The SMILES string of the molecule is OCc1cccc(N2CCN(S)CC2)c1F. The highest BCUT2D eigenvalue weighted by atomic mass is 32.1. The van der Waals surface area contributed by atoms with Gasteiger partial charge in [0.25, 0.3) is 0 Å². The van der Waals surface area contributed by atoms with Crippen LogP contribution in [0.4, 0.5) is 10.1 Å². The van der Waals surface area contributed by atoms with Crippen molar-refractivity contribution in [1.82, 2.24) is 4.31 Å².